The van der Waals surface area contributed by atoms with Crippen LogP contribution in [0.25, 0.3) is 0 Å². The number of anilines is 1. The second-order valence-corrected chi connectivity index (χ2v) is 5.01. The summed E-state index contributed by atoms with van der Waals surface area (Å²) in [6.07, 6.45) is 2.49. The molecule has 0 radical (unpaired) electrons. The number of hydrogen-bond donors (Lipinski definition) is 1. The molecule has 1 atom stereocenters. The van der Waals surface area contributed by atoms with Gasteiger partial charge in [0.2, 0.25) is 5.95 Å². The number of aryl methyl sites for hydroxylation is 2. The quantitative estimate of drug-likeness (QED) is 0.830. The highest BCUT2D eigenvalue weighted by Crippen LogP contribution is 2.19. The van der Waals surface area contributed by atoms with Gasteiger partial charge in [-0.25, -0.2) is 4.98 Å². The molecule has 1 aliphatic rings. The van der Waals surface area contributed by atoms with Crippen molar-refractivity contribution in [3.8, 4) is 0 Å². The molecule has 1 fully saturated rings. The maximum Gasteiger partial charge on any atom is 0.243 e. The second kappa shape index (κ2) is 4.79. The van der Waals surface area contributed by atoms with Crippen molar-refractivity contribution in [1.82, 2.24) is 15.2 Å². The number of rotatable bonds is 2. The topological polar surface area (TPSA) is 50.7 Å². The Labute approximate surface area is 94.3 Å². The van der Waals surface area contributed by atoms with Crippen LogP contribution in [0.1, 0.15) is 24.2 Å². The van der Waals surface area contributed by atoms with Crippen LogP contribution in [0.4, 0.5) is 5.95 Å². The summed E-state index contributed by atoms with van der Waals surface area (Å²) < 4.78 is 0. The van der Waals surface area contributed by atoms with Crippen molar-refractivity contribution < 1.29 is 0 Å². The maximum atomic E-state index is 4.37. The van der Waals surface area contributed by atoms with Crippen molar-refractivity contribution in [2.45, 2.75) is 32.7 Å². The van der Waals surface area contributed by atoms with E-state index in [0.717, 1.165) is 17.1 Å². The number of aromatic nitrogens is 3. The van der Waals surface area contributed by atoms with Gasteiger partial charge < -0.3 is 5.32 Å². The second-order valence-electron chi connectivity index (χ2n) is 3.86. The van der Waals surface area contributed by atoms with E-state index >= 15 is 0 Å². The van der Waals surface area contributed by atoms with E-state index in [2.05, 4.69) is 20.5 Å². The summed E-state index contributed by atoms with van der Waals surface area (Å²) >= 11 is 1.99. The van der Waals surface area contributed by atoms with E-state index in [4.69, 9.17) is 0 Å². The standard InChI is InChI=1S/C10H16N4S/c1-7-8(2)13-14-10(11-7)12-9-4-3-5-15-6-9/h9H,3-6H2,1-2H3,(H,11,12,14). The molecule has 0 aliphatic carbocycles. The Morgan fingerprint density at radius 1 is 1.27 bits per heavy atom. The molecule has 82 valence electrons. The van der Waals surface area contributed by atoms with E-state index in [0.29, 0.717) is 12.0 Å². The zero-order valence-corrected chi connectivity index (χ0v) is 9.97. The zero-order chi connectivity index (χ0) is 10.7. The van der Waals surface area contributed by atoms with Crippen LogP contribution in [0, 0.1) is 13.8 Å². The molecule has 0 amide bonds. The summed E-state index contributed by atoms with van der Waals surface area (Å²) in [6.45, 7) is 3.89. The van der Waals surface area contributed by atoms with E-state index in [9.17, 15) is 0 Å². The van der Waals surface area contributed by atoms with Crippen LogP contribution in [-0.4, -0.2) is 32.7 Å². The van der Waals surface area contributed by atoms with E-state index in [-0.39, 0.29) is 0 Å². The third-order valence-corrected chi connectivity index (χ3v) is 3.80. The van der Waals surface area contributed by atoms with Crippen LogP contribution in [0.2, 0.25) is 0 Å². The molecule has 1 saturated heterocycles. The zero-order valence-electron chi connectivity index (χ0n) is 9.16. The molecule has 1 aliphatic heterocycles. The fourth-order valence-corrected chi connectivity index (χ4v) is 2.63. The van der Waals surface area contributed by atoms with Crippen molar-refractivity contribution in [2.24, 2.45) is 0 Å². The lowest BCUT2D eigenvalue weighted by Crippen LogP contribution is -2.27. The Morgan fingerprint density at radius 2 is 2.13 bits per heavy atom. The molecule has 15 heavy (non-hydrogen) atoms. The molecule has 1 aromatic heterocycles. The SMILES string of the molecule is Cc1nnc(NC2CCCSC2)nc1C. The van der Waals surface area contributed by atoms with Gasteiger partial charge in [-0.3, -0.25) is 0 Å². The highest BCUT2D eigenvalue weighted by Gasteiger charge is 2.14. The van der Waals surface area contributed by atoms with Gasteiger partial charge in [-0.1, -0.05) is 0 Å². The molecule has 2 rings (SSSR count). The van der Waals surface area contributed by atoms with Crippen LogP contribution in [0.15, 0.2) is 0 Å². The average Bonchev–Trinajstić information content (AvgIpc) is 2.25. The third kappa shape index (κ3) is 2.81. The highest BCUT2D eigenvalue weighted by atomic mass is 32.2. The Balaban J connectivity index is 2.00. The normalized spacial score (nSPS) is 21.3. The van der Waals surface area contributed by atoms with Crippen LogP contribution in [0.3, 0.4) is 0 Å². The van der Waals surface area contributed by atoms with E-state index < -0.39 is 0 Å². The lowest BCUT2D eigenvalue weighted by atomic mass is 10.2. The van der Waals surface area contributed by atoms with Crippen molar-refractivity contribution >= 4 is 17.7 Å². The highest BCUT2D eigenvalue weighted by molar-refractivity contribution is 7.99. The van der Waals surface area contributed by atoms with Gasteiger partial charge in [-0.15, -0.1) is 5.10 Å². The molecule has 1 N–H and O–H groups in total. The molecule has 5 heteroatoms. The Kier molecular flexibility index (Phi) is 3.41. The predicted octanol–water partition coefficient (Wildman–Crippen LogP) is 1.80. The lowest BCUT2D eigenvalue weighted by Gasteiger charge is -2.22. The monoisotopic (exact) mass is 224 g/mol. The van der Waals surface area contributed by atoms with Crippen LogP contribution < -0.4 is 5.32 Å². The first-order valence-corrected chi connectivity index (χ1v) is 6.43. The fraction of sp³-hybridized carbons (Fsp3) is 0.700. The minimum absolute atomic E-state index is 0.507. The Bertz CT molecular complexity index is 336. The van der Waals surface area contributed by atoms with Gasteiger partial charge in [0.15, 0.2) is 0 Å². The van der Waals surface area contributed by atoms with Gasteiger partial charge in [-0.05, 0) is 32.4 Å². The molecule has 0 saturated carbocycles. The molecule has 1 aromatic rings. The summed E-state index contributed by atoms with van der Waals surface area (Å²) in [5, 5.41) is 11.5. The van der Waals surface area contributed by atoms with Crippen molar-refractivity contribution in [3.05, 3.63) is 11.4 Å². The molecule has 0 bridgehead atoms. The number of thioether (sulfide) groups is 1. The first-order valence-electron chi connectivity index (χ1n) is 5.28. The first-order chi connectivity index (χ1) is 7.25. The molecule has 2 heterocycles. The number of nitrogens with one attached hydrogen (secondary N) is 1. The van der Waals surface area contributed by atoms with Gasteiger partial charge in [0, 0.05) is 11.8 Å². The van der Waals surface area contributed by atoms with Crippen LogP contribution in [-0.2, 0) is 0 Å². The minimum Gasteiger partial charge on any atom is -0.349 e. The Morgan fingerprint density at radius 3 is 2.80 bits per heavy atom. The van der Waals surface area contributed by atoms with Gasteiger partial charge >= 0.3 is 0 Å². The molecule has 1 unspecified atom stereocenters. The van der Waals surface area contributed by atoms with Crippen LogP contribution >= 0.6 is 11.8 Å². The predicted molar refractivity (Wildman–Crippen MR) is 63.3 cm³/mol. The molecule has 0 aromatic carbocycles. The molecular formula is C10H16N4S. The van der Waals surface area contributed by atoms with Crippen molar-refractivity contribution in [2.75, 3.05) is 16.8 Å². The van der Waals surface area contributed by atoms with Gasteiger partial charge in [0.05, 0.1) is 11.4 Å². The largest absolute Gasteiger partial charge is 0.349 e. The van der Waals surface area contributed by atoms with Gasteiger partial charge in [0.25, 0.3) is 0 Å². The van der Waals surface area contributed by atoms with E-state index in [1.54, 1.807) is 0 Å². The van der Waals surface area contributed by atoms with Crippen molar-refractivity contribution in [1.29, 1.82) is 0 Å². The number of hydrogen-bond acceptors (Lipinski definition) is 5. The lowest BCUT2D eigenvalue weighted by molar-refractivity contribution is 0.674. The summed E-state index contributed by atoms with van der Waals surface area (Å²) in [5.74, 6) is 3.10. The molecule has 0 spiro atoms. The fourth-order valence-electron chi connectivity index (χ4n) is 1.56. The number of nitrogens with zero attached hydrogens (tertiary/aromatic N) is 3. The summed E-state index contributed by atoms with van der Waals surface area (Å²) in [6, 6.07) is 0.507. The van der Waals surface area contributed by atoms with Crippen molar-refractivity contribution in [3.63, 3.8) is 0 Å². The van der Waals surface area contributed by atoms with E-state index in [1.807, 2.05) is 25.6 Å². The van der Waals surface area contributed by atoms with E-state index in [1.165, 1.54) is 18.6 Å². The smallest absolute Gasteiger partial charge is 0.243 e. The molecule has 4 nitrogen and oxygen atoms in total. The average molecular weight is 224 g/mol. The summed E-state index contributed by atoms with van der Waals surface area (Å²) in [7, 11) is 0. The van der Waals surface area contributed by atoms with Crippen LogP contribution in [0.5, 0.6) is 0 Å². The third-order valence-electron chi connectivity index (χ3n) is 2.59. The first kappa shape index (κ1) is 10.7. The molecular weight excluding hydrogens is 208 g/mol. The summed E-state index contributed by atoms with van der Waals surface area (Å²) in [4.78, 5) is 4.37. The summed E-state index contributed by atoms with van der Waals surface area (Å²) in [5.41, 5.74) is 1.86. The minimum atomic E-state index is 0.507. The Hall–Kier alpha value is -0.840. The maximum absolute atomic E-state index is 4.37. The van der Waals surface area contributed by atoms with Gasteiger partial charge in [0.1, 0.15) is 0 Å². The van der Waals surface area contributed by atoms with Gasteiger partial charge in [-0.2, -0.15) is 16.9 Å².